The maximum atomic E-state index is 5.48. The number of ether oxygens (including phenoxy) is 1. The minimum Gasteiger partial charge on any atom is -0.381 e. The van der Waals surface area contributed by atoms with Crippen LogP contribution in [0.2, 0.25) is 0 Å². The molecule has 102 valence electrons. The van der Waals surface area contributed by atoms with Crippen LogP contribution in [0.15, 0.2) is 5.38 Å². The van der Waals surface area contributed by atoms with Crippen molar-refractivity contribution in [2.75, 3.05) is 19.8 Å². The van der Waals surface area contributed by atoms with Crippen molar-refractivity contribution in [3.8, 4) is 0 Å². The Morgan fingerprint density at radius 1 is 1.50 bits per heavy atom. The average molecular weight is 268 g/mol. The van der Waals surface area contributed by atoms with E-state index in [0.29, 0.717) is 5.92 Å². The highest BCUT2D eigenvalue weighted by Gasteiger charge is 2.17. The molecule has 0 bridgehead atoms. The van der Waals surface area contributed by atoms with E-state index in [2.05, 4.69) is 36.5 Å². The van der Waals surface area contributed by atoms with Crippen LogP contribution in [0.4, 0.5) is 0 Å². The second-order valence-corrected chi connectivity index (χ2v) is 7.03. The molecule has 0 aliphatic carbocycles. The molecule has 18 heavy (non-hydrogen) atoms. The van der Waals surface area contributed by atoms with Gasteiger partial charge in [0.25, 0.3) is 0 Å². The van der Waals surface area contributed by atoms with Crippen molar-refractivity contribution in [2.24, 2.45) is 5.92 Å². The molecular weight excluding hydrogens is 244 g/mol. The van der Waals surface area contributed by atoms with Gasteiger partial charge >= 0.3 is 0 Å². The number of rotatable bonds is 4. The highest BCUT2D eigenvalue weighted by molar-refractivity contribution is 7.09. The largest absolute Gasteiger partial charge is 0.381 e. The summed E-state index contributed by atoms with van der Waals surface area (Å²) in [4.78, 5) is 4.69. The Hall–Kier alpha value is -0.450. The first-order chi connectivity index (χ1) is 8.55. The van der Waals surface area contributed by atoms with E-state index in [1.807, 2.05) is 0 Å². The van der Waals surface area contributed by atoms with Crippen LogP contribution in [0.5, 0.6) is 0 Å². The maximum Gasteiger partial charge on any atom is 0.107 e. The van der Waals surface area contributed by atoms with Crippen molar-refractivity contribution >= 4 is 11.3 Å². The van der Waals surface area contributed by atoms with E-state index in [0.717, 1.165) is 26.3 Å². The topological polar surface area (TPSA) is 34.1 Å². The highest BCUT2D eigenvalue weighted by atomic mass is 32.1. The lowest BCUT2D eigenvalue weighted by atomic mass is 9.93. The van der Waals surface area contributed by atoms with Crippen LogP contribution in [0.1, 0.15) is 44.3 Å². The third-order valence-corrected chi connectivity index (χ3v) is 4.13. The third kappa shape index (κ3) is 4.04. The van der Waals surface area contributed by atoms with Gasteiger partial charge in [-0.3, -0.25) is 0 Å². The Labute approximate surface area is 114 Å². The number of hydrogen-bond donors (Lipinski definition) is 1. The molecule has 2 heterocycles. The first kappa shape index (κ1) is 14.0. The summed E-state index contributed by atoms with van der Waals surface area (Å²) in [6.45, 7) is 10.4. The van der Waals surface area contributed by atoms with E-state index >= 15 is 0 Å². The van der Waals surface area contributed by atoms with Crippen molar-refractivity contribution < 1.29 is 4.74 Å². The molecule has 1 aliphatic heterocycles. The van der Waals surface area contributed by atoms with Crippen molar-refractivity contribution in [3.05, 3.63) is 16.1 Å². The van der Waals surface area contributed by atoms with Gasteiger partial charge in [-0.15, -0.1) is 11.3 Å². The first-order valence-corrected chi connectivity index (χ1v) is 7.67. The number of aromatic nitrogens is 1. The zero-order valence-corrected chi connectivity index (χ0v) is 12.5. The Bertz CT molecular complexity index is 364. The Morgan fingerprint density at radius 3 is 2.94 bits per heavy atom. The van der Waals surface area contributed by atoms with E-state index in [-0.39, 0.29) is 5.41 Å². The fourth-order valence-corrected chi connectivity index (χ4v) is 3.08. The molecule has 1 fully saturated rings. The van der Waals surface area contributed by atoms with Gasteiger partial charge in [0.1, 0.15) is 5.01 Å². The second-order valence-electron chi connectivity index (χ2n) is 6.09. The summed E-state index contributed by atoms with van der Waals surface area (Å²) in [5.74, 6) is 0.681. The summed E-state index contributed by atoms with van der Waals surface area (Å²) >= 11 is 1.76. The molecule has 2 rings (SSSR count). The van der Waals surface area contributed by atoms with E-state index in [9.17, 15) is 0 Å². The molecular formula is C14H24N2OS. The molecule has 1 aliphatic rings. The van der Waals surface area contributed by atoms with Crippen molar-refractivity contribution in [3.63, 3.8) is 0 Å². The normalized spacial score (nSPS) is 21.2. The average Bonchev–Trinajstić information content (AvgIpc) is 2.79. The van der Waals surface area contributed by atoms with Crippen LogP contribution in [0.25, 0.3) is 0 Å². The van der Waals surface area contributed by atoms with Gasteiger partial charge in [-0.1, -0.05) is 20.8 Å². The number of nitrogens with zero attached hydrogens (tertiary/aromatic N) is 1. The summed E-state index contributed by atoms with van der Waals surface area (Å²) in [6.07, 6.45) is 2.50. The fourth-order valence-electron chi connectivity index (χ4n) is 2.09. The monoisotopic (exact) mass is 268 g/mol. The predicted octanol–water partition coefficient (Wildman–Crippen LogP) is 2.96. The molecule has 0 spiro atoms. The quantitative estimate of drug-likeness (QED) is 0.911. The van der Waals surface area contributed by atoms with Gasteiger partial charge in [0.15, 0.2) is 0 Å². The number of thiazole rings is 1. The summed E-state index contributed by atoms with van der Waals surface area (Å²) < 4.78 is 5.48. The molecule has 1 saturated heterocycles. The van der Waals surface area contributed by atoms with Crippen LogP contribution in [-0.4, -0.2) is 24.7 Å². The molecule has 0 aromatic carbocycles. The molecule has 1 aromatic rings. The van der Waals surface area contributed by atoms with Gasteiger partial charge in [-0.2, -0.15) is 0 Å². The van der Waals surface area contributed by atoms with Gasteiger partial charge in [0, 0.05) is 30.5 Å². The van der Waals surface area contributed by atoms with Crippen LogP contribution in [0.3, 0.4) is 0 Å². The van der Waals surface area contributed by atoms with E-state index in [1.165, 1.54) is 23.5 Å². The molecule has 0 saturated carbocycles. The highest BCUT2D eigenvalue weighted by Crippen LogP contribution is 2.23. The van der Waals surface area contributed by atoms with Crippen LogP contribution >= 0.6 is 11.3 Å². The van der Waals surface area contributed by atoms with Crippen molar-refractivity contribution in [2.45, 2.75) is 45.6 Å². The van der Waals surface area contributed by atoms with Gasteiger partial charge in [0.05, 0.1) is 12.3 Å². The lowest BCUT2D eigenvalue weighted by molar-refractivity contribution is 0.0547. The zero-order valence-electron chi connectivity index (χ0n) is 11.7. The molecule has 1 aromatic heterocycles. The Kier molecular flexibility index (Phi) is 4.76. The number of nitrogens with one attached hydrogen (secondary N) is 1. The third-order valence-electron chi connectivity index (χ3n) is 3.28. The lowest BCUT2D eigenvalue weighted by Crippen LogP contribution is -2.28. The lowest BCUT2D eigenvalue weighted by Gasteiger charge is -2.22. The molecule has 1 unspecified atom stereocenters. The summed E-state index contributed by atoms with van der Waals surface area (Å²) in [5, 5.41) is 6.88. The summed E-state index contributed by atoms with van der Waals surface area (Å²) in [6, 6.07) is 0. The Balaban J connectivity index is 1.74. The Morgan fingerprint density at radius 2 is 2.33 bits per heavy atom. The SMILES string of the molecule is CC(C)(C)c1csc(CNCC2CCCOC2)n1. The number of hydrogen-bond acceptors (Lipinski definition) is 4. The van der Waals surface area contributed by atoms with E-state index < -0.39 is 0 Å². The minimum absolute atomic E-state index is 0.159. The van der Waals surface area contributed by atoms with Gasteiger partial charge in [-0.05, 0) is 18.8 Å². The van der Waals surface area contributed by atoms with Gasteiger partial charge < -0.3 is 10.1 Å². The fraction of sp³-hybridized carbons (Fsp3) is 0.786. The molecule has 4 heteroatoms. The van der Waals surface area contributed by atoms with Crippen LogP contribution in [-0.2, 0) is 16.7 Å². The van der Waals surface area contributed by atoms with E-state index in [1.54, 1.807) is 11.3 Å². The maximum absolute atomic E-state index is 5.48. The molecule has 0 radical (unpaired) electrons. The smallest absolute Gasteiger partial charge is 0.107 e. The first-order valence-electron chi connectivity index (χ1n) is 6.79. The predicted molar refractivity (Wildman–Crippen MR) is 76.1 cm³/mol. The van der Waals surface area contributed by atoms with Gasteiger partial charge in [0.2, 0.25) is 0 Å². The van der Waals surface area contributed by atoms with E-state index in [4.69, 9.17) is 4.74 Å². The summed E-state index contributed by atoms with van der Waals surface area (Å²) in [7, 11) is 0. The van der Waals surface area contributed by atoms with Gasteiger partial charge in [-0.25, -0.2) is 4.98 Å². The van der Waals surface area contributed by atoms with Crippen molar-refractivity contribution in [1.82, 2.24) is 10.3 Å². The molecule has 1 N–H and O–H groups in total. The zero-order chi connectivity index (χ0) is 13.0. The van der Waals surface area contributed by atoms with Crippen LogP contribution in [0, 0.1) is 5.92 Å². The molecule has 0 amide bonds. The minimum atomic E-state index is 0.159. The van der Waals surface area contributed by atoms with Crippen molar-refractivity contribution in [1.29, 1.82) is 0 Å². The molecule has 3 nitrogen and oxygen atoms in total. The standard InChI is InChI=1S/C14H24N2OS/c1-14(2,3)12-10-18-13(16-12)8-15-7-11-5-4-6-17-9-11/h10-11,15H,4-9H2,1-3H3. The second kappa shape index (κ2) is 6.13. The molecule has 1 atom stereocenters. The van der Waals surface area contributed by atoms with Crippen LogP contribution < -0.4 is 5.32 Å². The summed E-state index contributed by atoms with van der Waals surface area (Å²) in [5.41, 5.74) is 1.36.